The van der Waals surface area contributed by atoms with Crippen LogP contribution in [0.1, 0.15) is 247 Å². The number of hydrogen-bond acceptors (Lipinski definition) is 6. The third kappa shape index (κ3) is 51.0. The van der Waals surface area contributed by atoms with Crippen LogP contribution >= 0.6 is 0 Å². The fraction of sp³-hybridized carbons (Fsp3) is 0.957. The first kappa shape index (κ1) is 56.4. The lowest BCUT2D eigenvalue weighted by Crippen LogP contribution is -2.37. The molecule has 1 N–H and O–H groups in total. The minimum Gasteiger partial charge on any atom is -0.465 e. The van der Waals surface area contributed by atoms with Crippen LogP contribution in [0.5, 0.6) is 0 Å². The first-order chi connectivity index (χ1) is 26.0. The second kappa shape index (κ2) is 53.1. The van der Waals surface area contributed by atoms with E-state index >= 15 is 0 Å². The zero-order valence-corrected chi connectivity index (χ0v) is 37.0. The molecule has 0 saturated carbocycles. The molecule has 0 saturated heterocycles. The van der Waals surface area contributed by atoms with Gasteiger partial charge in [0.15, 0.2) is 0 Å². The van der Waals surface area contributed by atoms with E-state index in [-0.39, 0.29) is 18.8 Å². The summed E-state index contributed by atoms with van der Waals surface area (Å²) >= 11 is 0. The maximum Gasteiger partial charge on any atom is 0.293 e. The number of hydrogen-bond donors (Lipinski definition) is 1. The van der Waals surface area contributed by atoms with Crippen molar-refractivity contribution in [3.8, 4) is 0 Å². The number of unbranched alkanes of at least 4 members (excludes halogenated alkanes) is 26. The van der Waals surface area contributed by atoms with Crippen LogP contribution in [0.2, 0.25) is 0 Å². The van der Waals surface area contributed by atoms with Crippen molar-refractivity contribution in [2.45, 2.75) is 259 Å². The molecule has 0 aromatic heterocycles. The minimum absolute atomic E-state index is 0.171. The number of rotatable bonds is 41. The van der Waals surface area contributed by atoms with Crippen LogP contribution in [-0.4, -0.2) is 68.3 Å². The molecule has 0 bridgehead atoms. The molecule has 320 valence electrons. The Morgan fingerprint density at radius 2 is 0.868 bits per heavy atom. The summed E-state index contributed by atoms with van der Waals surface area (Å²) in [6.45, 7) is 15.2. The molecule has 0 aromatic carbocycles. The zero-order chi connectivity index (χ0) is 39.7. The number of carbonyl (C=O) groups is 2. The van der Waals surface area contributed by atoms with Crippen molar-refractivity contribution >= 4 is 12.8 Å². The molecule has 0 aliphatic heterocycles. The molecule has 0 spiro atoms. The molecular formula is C47H97NO5. The molecule has 0 aromatic rings. The first-order valence-electron chi connectivity index (χ1n) is 23.4. The van der Waals surface area contributed by atoms with E-state index in [0.717, 1.165) is 45.2 Å². The van der Waals surface area contributed by atoms with Crippen molar-refractivity contribution in [2.75, 3.05) is 33.4 Å². The van der Waals surface area contributed by atoms with E-state index in [0.29, 0.717) is 12.9 Å². The lowest BCUT2D eigenvalue weighted by molar-refractivity contribution is -0.134. The fourth-order valence-electron chi connectivity index (χ4n) is 6.70. The Labute approximate surface area is 333 Å². The van der Waals surface area contributed by atoms with Crippen LogP contribution in [0.4, 0.5) is 0 Å². The largest absolute Gasteiger partial charge is 0.465 e. The highest BCUT2D eigenvalue weighted by atomic mass is 16.5. The summed E-state index contributed by atoms with van der Waals surface area (Å²) in [6.07, 6.45) is 43.1. The van der Waals surface area contributed by atoms with E-state index in [9.17, 15) is 14.7 Å². The molecule has 0 radical (unpaired) electrons. The van der Waals surface area contributed by atoms with Crippen molar-refractivity contribution in [3.05, 3.63) is 0 Å². The quantitative estimate of drug-likeness (QED) is 0.0495. The van der Waals surface area contributed by atoms with Crippen LogP contribution in [0.15, 0.2) is 0 Å². The van der Waals surface area contributed by atoms with Gasteiger partial charge in [0, 0.05) is 26.2 Å². The monoisotopic (exact) mass is 756 g/mol. The number of carbonyl (C=O) groups excluding carboxylic acids is 2. The summed E-state index contributed by atoms with van der Waals surface area (Å²) in [7, 11) is 1.77. The number of methoxy groups -OCH3 is 1. The summed E-state index contributed by atoms with van der Waals surface area (Å²) in [6, 6.07) is 0.283. The fourth-order valence-corrected chi connectivity index (χ4v) is 6.70. The van der Waals surface area contributed by atoms with Crippen LogP contribution in [0.25, 0.3) is 0 Å². The maximum atomic E-state index is 10.5. The predicted molar refractivity (Wildman–Crippen MR) is 232 cm³/mol. The SMILES string of the molecule is CCCCCCCCC(CCCCCCCC)OC=O.CCCCCCCCCOC.CCCCCCCCN(CCCCCCCC=O)C(C)CO. The molecule has 0 amide bonds. The van der Waals surface area contributed by atoms with Crippen LogP contribution in [-0.2, 0) is 19.1 Å². The molecule has 6 heteroatoms. The Bertz CT molecular complexity index is 624. The van der Waals surface area contributed by atoms with Crippen LogP contribution in [0, 0.1) is 0 Å². The van der Waals surface area contributed by atoms with E-state index in [1.807, 2.05) is 0 Å². The van der Waals surface area contributed by atoms with Crippen molar-refractivity contribution in [1.82, 2.24) is 4.90 Å². The number of ether oxygens (including phenoxy) is 2. The van der Waals surface area contributed by atoms with Gasteiger partial charge >= 0.3 is 0 Å². The highest BCUT2D eigenvalue weighted by Gasteiger charge is 2.12. The van der Waals surface area contributed by atoms with E-state index in [4.69, 9.17) is 9.47 Å². The average molecular weight is 756 g/mol. The van der Waals surface area contributed by atoms with Crippen molar-refractivity contribution in [2.24, 2.45) is 0 Å². The number of nitrogens with zero attached hydrogens (tertiary/aromatic N) is 1. The van der Waals surface area contributed by atoms with Gasteiger partial charge in [-0.2, -0.15) is 0 Å². The molecule has 53 heavy (non-hydrogen) atoms. The molecular weight excluding hydrogens is 659 g/mol. The molecule has 0 aliphatic rings. The molecule has 1 unspecified atom stereocenters. The van der Waals surface area contributed by atoms with E-state index in [1.54, 1.807) is 7.11 Å². The van der Waals surface area contributed by atoms with Gasteiger partial charge in [-0.1, -0.05) is 182 Å². The van der Waals surface area contributed by atoms with Crippen LogP contribution < -0.4 is 0 Å². The lowest BCUT2D eigenvalue weighted by Gasteiger charge is -2.27. The highest BCUT2D eigenvalue weighted by molar-refractivity contribution is 5.48. The van der Waals surface area contributed by atoms with Crippen molar-refractivity contribution < 1.29 is 24.2 Å². The Balaban J connectivity index is -0.000000746. The van der Waals surface area contributed by atoms with Gasteiger partial charge in [0.2, 0.25) is 0 Å². The molecule has 6 nitrogen and oxygen atoms in total. The zero-order valence-electron chi connectivity index (χ0n) is 37.0. The number of aliphatic hydroxyl groups is 1. The van der Waals surface area contributed by atoms with Gasteiger partial charge in [-0.25, -0.2) is 0 Å². The standard InChI is InChI=1S/C19H39NO2.C18H36O2.C10H22O/c1-3-4-5-6-9-12-15-20(19(2)18-22)16-13-10-7-8-11-14-17-21;1-3-5-7-9-11-13-15-18(20-17-19)16-14-12-10-8-6-4-2;1-3-4-5-6-7-8-9-10-11-2/h17,19,22H,3-16,18H2,1-2H3;17-18H,3-16H2,1-2H3;3-10H2,1-2H3. The number of aldehydes is 1. The smallest absolute Gasteiger partial charge is 0.293 e. The Morgan fingerprint density at radius 3 is 1.23 bits per heavy atom. The summed E-state index contributed by atoms with van der Waals surface area (Å²) in [5, 5.41) is 9.40. The van der Waals surface area contributed by atoms with Crippen LogP contribution in [0.3, 0.4) is 0 Å². The summed E-state index contributed by atoms with van der Waals surface area (Å²) in [4.78, 5) is 23.2. The second-order valence-electron chi connectivity index (χ2n) is 15.6. The van der Waals surface area contributed by atoms with Gasteiger partial charge in [-0.3, -0.25) is 9.69 Å². The Morgan fingerprint density at radius 1 is 0.509 bits per heavy atom. The predicted octanol–water partition coefficient (Wildman–Crippen LogP) is 14.0. The van der Waals surface area contributed by atoms with Gasteiger partial charge in [-0.05, 0) is 71.4 Å². The van der Waals surface area contributed by atoms with Crippen molar-refractivity contribution in [1.29, 1.82) is 0 Å². The lowest BCUT2D eigenvalue weighted by atomic mass is 10.0. The average Bonchev–Trinajstić information content (AvgIpc) is 3.17. The third-order valence-corrected chi connectivity index (χ3v) is 10.4. The molecule has 0 fully saturated rings. The summed E-state index contributed by atoms with van der Waals surface area (Å²) in [5.74, 6) is 0. The first-order valence-corrected chi connectivity index (χ1v) is 23.4. The Hall–Kier alpha value is -0.980. The molecule has 0 rings (SSSR count). The van der Waals surface area contributed by atoms with Gasteiger partial charge < -0.3 is 19.4 Å². The molecule has 0 heterocycles. The van der Waals surface area contributed by atoms with E-state index in [1.165, 1.54) is 186 Å². The Kier molecular flexibility index (Phi) is 56.5. The van der Waals surface area contributed by atoms with Gasteiger partial charge in [0.25, 0.3) is 6.47 Å². The number of aliphatic hydroxyl groups excluding tert-OH is 1. The van der Waals surface area contributed by atoms with Gasteiger partial charge in [-0.15, -0.1) is 0 Å². The highest BCUT2D eigenvalue weighted by Crippen LogP contribution is 2.16. The minimum atomic E-state index is 0.171. The normalized spacial score (nSPS) is 11.6. The summed E-state index contributed by atoms with van der Waals surface area (Å²) < 4.78 is 10.2. The third-order valence-electron chi connectivity index (χ3n) is 10.4. The van der Waals surface area contributed by atoms with E-state index in [2.05, 4.69) is 39.5 Å². The topological polar surface area (TPSA) is 76.1 Å². The second-order valence-corrected chi connectivity index (χ2v) is 15.6. The van der Waals surface area contributed by atoms with Gasteiger partial charge in [0.1, 0.15) is 12.4 Å². The molecule has 1 atom stereocenters. The van der Waals surface area contributed by atoms with E-state index < -0.39 is 0 Å². The van der Waals surface area contributed by atoms with Crippen molar-refractivity contribution in [3.63, 3.8) is 0 Å². The molecule has 0 aliphatic carbocycles. The summed E-state index contributed by atoms with van der Waals surface area (Å²) in [5.41, 5.74) is 0. The van der Waals surface area contributed by atoms with Gasteiger partial charge in [0.05, 0.1) is 6.61 Å². The maximum absolute atomic E-state index is 10.5.